The lowest BCUT2D eigenvalue weighted by atomic mass is 10.0. The summed E-state index contributed by atoms with van der Waals surface area (Å²) in [5, 5.41) is 23.5. The van der Waals surface area contributed by atoms with Gasteiger partial charge in [-0.2, -0.15) is 8.42 Å². The highest BCUT2D eigenvalue weighted by molar-refractivity contribution is 7.85. The Hall–Kier alpha value is -0.960. The predicted molar refractivity (Wildman–Crippen MR) is 236 cm³/mol. The molecule has 0 aliphatic heterocycles. The van der Waals surface area contributed by atoms with Gasteiger partial charge in [0.15, 0.2) is 0 Å². The highest BCUT2D eigenvalue weighted by Gasteiger charge is 2.27. The summed E-state index contributed by atoms with van der Waals surface area (Å²) in [4.78, 5) is 12.6. The number of carbonyl (C=O) groups excluding carboxylic acids is 1. The zero-order chi connectivity index (χ0) is 40.5. The number of unbranched alkanes of at least 4 members (excludes halogenated alkanes) is 35. The van der Waals surface area contributed by atoms with Crippen LogP contribution in [0.15, 0.2) is 12.2 Å². The summed E-state index contributed by atoms with van der Waals surface area (Å²) in [6.45, 7) is 4.54. The molecule has 8 heteroatoms. The maximum atomic E-state index is 12.6. The van der Waals surface area contributed by atoms with Gasteiger partial charge in [-0.25, -0.2) is 0 Å². The highest BCUT2D eigenvalue weighted by atomic mass is 32.2. The SMILES string of the molecule is CCCCCCCCCCCCCCCCCC/C=C/C(O)C(CS(=O)(=O)O)NC(=O)C(O)CCCCCCCCCCCCCCCCCCCCCC. The molecule has 0 aliphatic carbocycles. The van der Waals surface area contributed by atoms with Crippen molar-refractivity contribution in [2.45, 2.75) is 276 Å². The summed E-state index contributed by atoms with van der Waals surface area (Å²) in [7, 11) is -4.44. The van der Waals surface area contributed by atoms with Crippen molar-refractivity contribution in [3.63, 3.8) is 0 Å². The Bertz CT molecular complexity index is 942. The second kappa shape index (κ2) is 41.2. The van der Waals surface area contributed by atoms with Gasteiger partial charge >= 0.3 is 0 Å². The largest absolute Gasteiger partial charge is 0.387 e. The van der Waals surface area contributed by atoms with Crippen LogP contribution in [0.25, 0.3) is 0 Å². The monoisotopic (exact) mass is 800 g/mol. The minimum absolute atomic E-state index is 0.286. The van der Waals surface area contributed by atoms with Crippen LogP contribution < -0.4 is 5.32 Å². The summed E-state index contributed by atoms with van der Waals surface area (Å²) in [6, 6.07) is -1.23. The smallest absolute Gasteiger partial charge is 0.267 e. The Morgan fingerprint density at radius 1 is 0.491 bits per heavy atom. The molecule has 0 heterocycles. The van der Waals surface area contributed by atoms with Crippen molar-refractivity contribution in [3.05, 3.63) is 12.2 Å². The fourth-order valence-corrected chi connectivity index (χ4v) is 8.37. The van der Waals surface area contributed by atoms with Crippen LogP contribution in [0.4, 0.5) is 0 Å². The molecule has 0 bridgehead atoms. The highest BCUT2D eigenvalue weighted by Crippen LogP contribution is 2.17. The molecule has 328 valence electrons. The summed E-state index contributed by atoms with van der Waals surface area (Å²) in [5.74, 6) is -1.52. The molecule has 4 N–H and O–H groups in total. The summed E-state index contributed by atoms with van der Waals surface area (Å²) < 4.78 is 32.6. The average molecular weight is 800 g/mol. The van der Waals surface area contributed by atoms with E-state index in [0.717, 1.165) is 38.5 Å². The molecule has 0 fully saturated rings. The molecule has 0 aliphatic rings. The number of aliphatic hydroxyl groups excluding tert-OH is 2. The summed E-state index contributed by atoms with van der Waals surface area (Å²) in [6.07, 6.45) is 48.4. The van der Waals surface area contributed by atoms with Crippen LogP contribution in [0.5, 0.6) is 0 Å². The molecule has 0 saturated carbocycles. The average Bonchev–Trinajstić information content (AvgIpc) is 3.15. The van der Waals surface area contributed by atoms with Crippen molar-refractivity contribution in [3.8, 4) is 0 Å². The lowest BCUT2D eigenvalue weighted by Crippen LogP contribution is -2.50. The van der Waals surface area contributed by atoms with Crippen LogP contribution in [0, 0.1) is 0 Å². The first-order valence-corrected chi connectivity index (χ1v) is 25.6. The molecule has 0 saturated heterocycles. The maximum absolute atomic E-state index is 12.6. The van der Waals surface area contributed by atoms with Crippen LogP contribution in [0.3, 0.4) is 0 Å². The van der Waals surface area contributed by atoms with E-state index < -0.39 is 40.0 Å². The lowest BCUT2D eigenvalue weighted by molar-refractivity contribution is -0.130. The zero-order valence-electron chi connectivity index (χ0n) is 36.4. The van der Waals surface area contributed by atoms with Gasteiger partial charge in [0.1, 0.15) is 6.10 Å². The normalized spacial score (nSPS) is 13.8. The van der Waals surface area contributed by atoms with Crippen molar-refractivity contribution in [1.82, 2.24) is 5.32 Å². The molecule has 7 nitrogen and oxygen atoms in total. The Morgan fingerprint density at radius 2 is 0.782 bits per heavy atom. The van der Waals surface area contributed by atoms with E-state index >= 15 is 0 Å². The number of hydrogen-bond donors (Lipinski definition) is 4. The first-order valence-electron chi connectivity index (χ1n) is 24.0. The van der Waals surface area contributed by atoms with Crippen LogP contribution in [-0.2, 0) is 14.9 Å². The molecule has 1 amide bonds. The van der Waals surface area contributed by atoms with Gasteiger partial charge in [0.25, 0.3) is 10.1 Å². The van der Waals surface area contributed by atoms with Gasteiger partial charge in [-0.3, -0.25) is 9.35 Å². The number of amides is 1. The van der Waals surface area contributed by atoms with E-state index in [-0.39, 0.29) is 6.42 Å². The van der Waals surface area contributed by atoms with Crippen molar-refractivity contribution in [2.24, 2.45) is 0 Å². The third-order valence-corrected chi connectivity index (χ3v) is 12.1. The van der Waals surface area contributed by atoms with Crippen LogP contribution in [0.1, 0.15) is 258 Å². The predicted octanol–water partition coefficient (Wildman–Crippen LogP) is 13.5. The Balaban J connectivity index is 3.90. The molecule has 0 spiro atoms. The third kappa shape index (κ3) is 41.0. The van der Waals surface area contributed by atoms with Crippen LogP contribution in [-0.4, -0.2) is 53.1 Å². The number of rotatable bonds is 44. The van der Waals surface area contributed by atoms with E-state index in [4.69, 9.17) is 0 Å². The molecule has 55 heavy (non-hydrogen) atoms. The first-order chi connectivity index (χ1) is 26.7. The Kier molecular flexibility index (Phi) is 40.5. The van der Waals surface area contributed by atoms with Gasteiger partial charge < -0.3 is 15.5 Å². The number of nitrogens with one attached hydrogen (secondary N) is 1. The number of carbonyl (C=O) groups is 1. The van der Waals surface area contributed by atoms with Gasteiger partial charge in [0, 0.05) is 0 Å². The molecule has 3 unspecified atom stereocenters. The van der Waals surface area contributed by atoms with E-state index in [0.29, 0.717) is 6.42 Å². The van der Waals surface area contributed by atoms with Gasteiger partial charge in [0.2, 0.25) is 5.91 Å². The van der Waals surface area contributed by atoms with Gasteiger partial charge in [-0.1, -0.05) is 251 Å². The molecule has 0 radical (unpaired) electrons. The minimum Gasteiger partial charge on any atom is -0.387 e. The van der Waals surface area contributed by atoms with Gasteiger partial charge in [0.05, 0.1) is 17.9 Å². The van der Waals surface area contributed by atoms with E-state index in [2.05, 4.69) is 19.2 Å². The Morgan fingerprint density at radius 3 is 1.09 bits per heavy atom. The quantitative estimate of drug-likeness (QED) is 0.0276. The number of allylic oxidation sites excluding steroid dienone is 1. The molecule has 3 atom stereocenters. The van der Waals surface area contributed by atoms with Crippen molar-refractivity contribution < 1.29 is 28.0 Å². The fraction of sp³-hybridized carbons (Fsp3) is 0.936. The van der Waals surface area contributed by atoms with Crippen molar-refractivity contribution in [1.29, 1.82) is 0 Å². The number of hydrogen-bond acceptors (Lipinski definition) is 5. The second-order valence-corrected chi connectivity index (χ2v) is 18.4. The summed E-state index contributed by atoms with van der Waals surface area (Å²) in [5.41, 5.74) is 0. The summed E-state index contributed by atoms with van der Waals surface area (Å²) >= 11 is 0. The fourth-order valence-electron chi connectivity index (χ4n) is 7.64. The van der Waals surface area contributed by atoms with E-state index in [1.807, 2.05) is 6.08 Å². The second-order valence-electron chi connectivity index (χ2n) is 16.9. The molecular formula is C47H93NO6S. The molecule has 0 aromatic heterocycles. The van der Waals surface area contributed by atoms with Crippen molar-refractivity contribution in [2.75, 3.05) is 5.75 Å². The lowest BCUT2D eigenvalue weighted by Gasteiger charge is -2.22. The number of aliphatic hydroxyl groups is 2. The zero-order valence-corrected chi connectivity index (χ0v) is 37.3. The Labute approximate surface area is 342 Å². The van der Waals surface area contributed by atoms with Gasteiger partial charge in [-0.05, 0) is 19.3 Å². The van der Waals surface area contributed by atoms with Gasteiger partial charge in [-0.15, -0.1) is 0 Å². The van der Waals surface area contributed by atoms with Crippen LogP contribution in [0.2, 0.25) is 0 Å². The topological polar surface area (TPSA) is 124 Å². The first kappa shape index (κ1) is 54.0. The minimum atomic E-state index is -4.44. The maximum Gasteiger partial charge on any atom is 0.267 e. The third-order valence-electron chi connectivity index (χ3n) is 11.3. The molecule has 0 rings (SSSR count). The van der Waals surface area contributed by atoms with E-state index in [9.17, 15) is 28.0 Å². The molecule has 0 aromatic rings. The van der Waals surface area contributed by atoms with Crippen LogP contribution >= 0.6 is 0 Å². The van der Waals surface area contributed by atoms with E-state index in [1.54, 1.807) is 0 Å². The molecule has 0 aromatic carbocycles. The van der Waals surface area contributed by atoms with E-state index in [1.165, 1.54) is 199 Å². The standard InChI is InChI=1S/C47H93NO6S/c1-3-5-7-9-11-13-15-17-19-21-23-24-26-28-30-32-34-36-38-40-42-46(50)47(51)48-44(43-55(52,53)54)45(49)41-39-37-35-33-31-29-27-25-22-20-18-16-14-12-10-8-6-4-2/h39,41,44-46,49-50H,3-38,40,42-43H2,1-2H3,(H,48,51)(H,52,53,54)/b41-39+. The van der Waals surface area contributed by atoms with Crippen molar-refractivity contribution >= 4 is 16.0 Å². The molecular weight excluding hydrogens is 707 g/mol.